The molecule has 0 fully saturated rings. The molecule has 0 radical (unpaired) electrons. The highest BCUT2D eigenvalue weighted by atomic mass is 19.1. The van der Waals surface area contributed by atoms with Crippen LogP contribution in [0.5, 0.6) is 5.75 Å². The van der Waals surface area contributed by atoms with E-state index in [1.807, 2.05) is 0 Å². The minimum atomic E-state index is -0.814. The predicted octanol–water partition coefficient (Wildman–Crippen LogP) is 1.42. The van der Waals surface area contributed by atoms with Crippen molar-refractivity contribution in [1.29, 1.82) is 5.26 Å². The first kappa shape index (κ1) is 9.49. The van der Waals surface area contributed by atoms with Crippen molar-refractivity contribution in [2.75, 3.05) is 0 Å². The standard InChI is InChI=1S/C9H9FN2O/c1-5(12)7-2-6(4-11)3-8(10)9(7)13/h2-3,5,13H,12H2,1H3/t5-/m1/s1. The molecule has 0 aromatic heterocycles. The maximum absolute atomic E-state index is 12.9. The second kappa shape index (κ2) is 3.42. The fraction of sp³-hybridized carbons (Fsp3) is 0.222. The van der Waals surface area contributed by atoms with Crippen molar-refractivity contribution in [3.63, 3.8) is 0 Å². The average molecular weight is 180 g/mol. The molecule has 0 aliphatic carbocycles. The number of rotatable bonds is 1. The highest BCUT2D eigenvalue weighted by molar-refractivity contribution is 5.43. The monoisotopic (exact) mass is 180 g/mol. The minimum absolute atomic E-state index is 0.155. The van der Waals surface area contributed by atoms with E-state index in [9.17, 15) is 9.50 Å². The summed E-state index contributed by atoms with van der Waals surface area (Å²) in [7, 11) is 0. The maximum atomic E-state index is 12.9. The third kappa shape index (κ3) is 1.76. The lowest BCUT2D eigenvalue weighted by Gasteiger charge is -2.08. The number of nitrogens with zero attached hydrogens (tertiary/aromatic N) is 1. The van der Waals surface area contributed by atoms with E-state index in [2.05, 4.69) is 0 Å². The van der Waals surface area contributed by atoms with Crippen LogP contribution in [0.25, 0.3) is 0 Å². The molecule has 0 aliphatic heterocycles. The summed E-state index contributed by atoms with van der Waals surface area (Å²) in [6.45, 7) is 1.61. The Morgan fingerprint density at radius 2 is 2.23 bits per heavy atom. The van der Waals surface area contributed by atoms with Crippen LogP contribution in [0.15, 0.2) is 12.1 Å². The summed E-state index contributed by atoms with van der Waals surface area (Å²) in [5, 5.41) is 17.7. The lowest BCUT2D eigenvalue weighted by Crippen LogP contribution is -2.06. The van der Waals surface area contributed by atoms with Gasteiger partial charge in [-0.3, -0.25) is 0 Å². The summed E-state index contributed by atoms with van der Waals surface area (Å²) in [5.74, 6) is -1.29. The number of halogens is 1. The van der Waals surface area contributed by atoms with Gasteiger partial charge < -0.3 is 10.8 Å². The molecule has 4 heteroatoms. The van der Waals surface area contributed by atoms with Gasteiger partial charge in [-0.25, -0.2) is 4.39 Å². The summed E-state index contributed by atoms with van der Waals surface area (Å²) in [6.07, 6.45) is 0. The van der Waals surface area contributed by atoms with Crippen LogP contribution in [0.3, 0.4) is 0 Å². The largest absolute Gasteiger partial charge is 0.505 e. The van der Waals surface area contributed by atoms with E-state index in [1.54, 1.807) is 13.0 Å². The van der Waals surface area contributed by atoms with Crippen molar-refractivity contribution in [1.82, 2.24) is 0 Å². The van der Waals surface area contributed by atoms with Crippen LogP contribution >= 0.6 is 0 Å². The number of phenols is 1. The number of benzene rings is 1. The molecule has 0 heterocycles. The third-order valence-electron chi connectivity index (χ3n) is 1.71. The van der Waals surface area contributed by atoms with Crippen LogP contribution in [-0.4, -0.2) is 5.11 Å². The molecular weight excluding hydrogens is 171 g/mol. The quantitative estimate of drug-likeness (QED) is 0.686. The molecule has 0 spiro atoms. The van der Waals surface area contributed by atoms with Crippen molar-refractivity contribution in [2.24, 2.45) is 5.73 Å². The maximum Gasteiger partial charge on any atom is 0.166 e. The zero-order valence-electron chi connectivity index (χ0n) is 7.08. The van der Waals surface area contributed by atoms with Crippen LogP contribution in [-0.2, 0) is 0 Å². The van der Waals surface area contributed by atoms with Crippen LogP contribution in [0.4, 0.5) is 4.39 Å². The lowest BCUT2D eigenvalue weighted by molar-refractivity contribution is 0.422. The van der Waals surface area contributed by atoms with Crippen LogP contribution in [0.1, 0.15) is 24.1 Å². The van der Waals surface area contributed by atoms with Gasteiger partial charge in [0.15, 0.2) is 11.6 Å². The van der Waals surface area contributed by atoms with Gasteiger partial charge in [0.2, 0.25) is 0 Å². The predicted molar refractivity (Wildman–Crippen MR) is 45.4 cm³/mol. The molecule has 1 rings (SSSR count). The van der Waals surface area contributed by atoms with Crippen molar-refractivity contribution in [3.8, 4) is 11.8 Å². The van der Waals surface area contributed by atoms with E-state index in [-0.39, 0.29) is 11.1 Å². The summed E-state index contributed by atoms with van der Waals surface area (Å²) < 4.78 is 12.9. The molecule has 13 heavy (non-hydrogen) atoms. The molecule has 0 amide bonds. The molecule has 0 bridgehead atoms. The van der Waals surface area contributed by atoms with Gasteiger partial charge in [0.05, 0.1) is 11.6 Å². The number of hydrogen-bond donors (Lipinski definition) is 2. The van der Waals surface area contributed by atoms with Crippen molar-refractivity contribution < 1.29 is 9.50 Å². The smallest absolute Gasteiger partial charge is 0.166 e. The second-order valence-electron chi connectivity index (χ2n) is 2.80. The summed E-state index contributed by atoms with van der Waals surface area (Å²) >= 11 is 0. The molecule has 0 saturated heterocycles. The normalized spacial score (nSPS) is 12.2. The van der Waals surface area contributed by atoms with E-state index in [0.29, 0.717) is 0 Å². The van der Waals surface area contributed by atoms with E-state index < -0.39 is 17.6 Å². The molecule has 3 nitrogen and oxygen atoms in total. The van der Waals surface area contributed by atoms with Gasteiger partial charge >= 0.3 is 0 Å². The molecule has 1 aromatic carbocycles. The molecule has 1 atom stereocenters. The number of phenolic OH excluding ortho intramolecular Hbond substituents is 1. The van der Waals surface area contributed by atoms with Gasteiger partial charge in [-0.1, -0.05) is 0 Å². The molecule has 68 valence electrons. The first-order valence-corrected chi connectivity index (χ1v) is 3.74. The fourth-order valence-corrected chi connectivity index (χ4v) is 1.03. The molecule has 3 N–H and O–H groups in total. The number of nitrogens with two attached hydrogens (primary N) is 1. The minimum Gasteiger partial charge on any atom is -0.505 e. The fourth-order valence-electron chi connectivity index (χ4n) is 1.03. The zero-order valence-corrected chi connectivity index (χ0v) is 7.08. The van der Waals surface area contributed by atoms with Crippen LogP contribution in [0.2, 0.25) is 0 Å². The Labute approximate surface area is 75.2 Å². The summed E-state index contributed by atoms with van der Waals surface area (Å²) in [6, 6.07) is 3.64. The SMILES string of the molecule is C[C@@H](N)c1cc(C#N)cc(F)c1O. The highest BCUT2D eigenvalue weighted by Gasteiger charge is 2.12. The topological polar surface area (TPSA) is 70.0 Å². The Morgan fingerprint density at radius 1 is 1.62 bits per heavy atom. The third-order valence-corrected chi connectivity index (χ3v) is 1.71. The Bertz CT molecular complexity index is 369. The summed E-state index contributed by atoms with van der Waals surface area (Å²) in [4.78, 5) is 0. The van der Waals surface area contributed by atoms with Gasteiger partial charge in [-0.05, 0) is 19.1 Å². The van der Waals surface area contributed by atoms with E-state index in [1.165, 1.54) is 6.07 Å². The van der Waals surface area contributed by atoms with Gasteiger partial charge in [0.1, 0.15) is 0 Å². The molecule has 0 saturated carbocycles. The van der Waals surface area contributed by atoms with Crippen LogP contribution < -0.4 is 5.73 Å². The number of hydrogen-bond acceptors (Lipinski definition) is 3. The molecular formula is C9H9FN2O. The van der Waals surface area contributed by atoms with Crippen molar-refractivity contribution in [2.45, 2.75) is 13.0 Å². The molecule has 1 aromatic rings. The number of nitriles is 1. The number of aromatic hydroxyl groups is 1. The van der Waals surface area contributed by atoms with E-state index >= 15 is 0 Å². The van der Waals surface area contributed by atoms with Crippen LogP contribution in [0, 0.1) is 17.1 Å². The molecule has 0 unspecified atom stereocenters. The van der Waals surface area contributed by atoms with Crippen molar-refractivity contribution >= 4 is 0 Å². The average Bonchev–Trinajstić information content (AvgIpc) is 2.09. The Balaban J connectivity index is 3.35. The highest BCUT2D eigenvalue weighted by Crippen LogP contribution is 2.26. The van der Waals surface area contributed by atoms with E-state index in [4.69, 9.17) is 11.0 Å². The second-order valence-corrected chi connectivity index (χ2v) is 2.80. The first-order chi connectivity index (χ1) is 6.06. The summed E-state index contributed by atoms with van der Waals surface area (Å²) in [5.41, 5.74) is 5.87. The molecule has 0 aliphatic rings. The lowest BCUT2D eigenvalue weighted by atomic mass is 10.0. The first-order valence-electron chi connectivity index (χ1n) is 3.74. The van der Waals surface area contributed by atoms with Gasteiger partial charge in [-0.15, -0.1) is 0 Å². The Hall–Kier alpha value is -1.60. The van der Waals surface area contributed by atoms with Gasteiger partial charge in [-0.2, -0.15) is 5.26 Å². The Morgan fingerprint density at radius 3 is 2.69 bits per heavy atom. The van der Waals surface area contributed by atoms with E-state index in [0.717, 1.165) is 6.07 Å². The Kier molecular flexibility index (Phi) is 2.49. The van der Waals surface area contributed by atoms with Gasteiger partial charge in [0.25, 0.3) is 0 Å². The van der Waals surface area contributed by atoms with Gasteiger partial charge in [0, 0.05) is 11.6 Å². The van der Waals surface area contributed by atoms with Crippen molar-refractivity contribution in [3.05, 3.63) is 29.1 Å². The zero-order chi connectivity index (χ0) is 10.0.